The molecule has 0 saturated heterocycles. The third-order valence-corrected chi connectivity index (χ3v) is 5.38. The van der Waals surface area contributed by atoms with Crippen molar-refractivity contribution in [3.63, 3.8) is 0 Å². The van der Waals surface area contributed by atoms with Gasteiger partial charge in [0.25, 0.3) is 5.91 Å². The maximum absolute atomic E-state index is 13.2. The SMILES string of the molecule is COc1ccc(C2=NN(C(=O)COc3cc(OC)ccc3C(C)=O)C(c3ccco3)C2)cc1. The molecule has 1 aliphatic heterocycles. The number of Topliss-reactive ketones (excluding diaryl/α,β-unsaturated/α-hetero) is 1. The molecule has 3 aromatic rings. The van der Waals surface area contributed by atoms with Crippen LogP contribution in [0.15, 0.2) is 70.4 Å². The van der Waals surface area contributed by atoms with Crippen molar-refractivity contribution in [2.75, 3.05) is 20.8 Å². The summed E-state index contributed by atoms with van der Waals surface area (Å²) in [4.78, 5) is 25.1. The fraction of sp³-hybridized carbons (Fsp3) is 0.240. The average Bonchev–Trinajstić information content (AvgIpc) is 3.52. The molecule has 0 saturated carbocycles. The summed E-state index contributed by atoms with van der Waals surface area (Å²) in [5, 5.41) is 5.96. The molecule has 0 fully saturated rings. The van der Waals surface area contributed by atoms with Gasteiger partial charge in [0.15, 0.2) is 12.4 Å². The van der Waals surface area contributed by atoms with Gasteiger partial charge in [0.1, 0.15) is 29.1 Å². The molecule has 0 aliphatic carbocycles. The van der Waals surface area contributed by atoms with Crippen LogP contribution < -0.4 is 14.2 Å². The van der Waals surface area contributed by atoms with E-state index in [0.717, 1.165) is 17.0 Å². The van der Waals surface area contributed by atoms with Gasteiger partial charge >= 0.3 is 0 Å². The summed E-state index contributed by atoms with van der Waals surface area (Å²) >= 11 is 0. The van der Waals surface area contributed by atoms with Crippen molar-refractivity contribution in [2.45, 2.75) is 19.4 Å². The zero-order valence-electron chi connectivity index (χ0n) is 18.6. The van der Waals surface area contributed by atoms with E-state index < -0.39 is 6.04 Å². The van der Waals surface area contributed by atoms with Gasteiger partial charge in [-0.15, -0.1) is 0 Å². The summed E-state index contributed by atoms with van der Waals surface area (Å²) in [6.45, 7) is 1.14. The number of methoxy groups -OCH3 is 2. The summed E-state index contributed by atoms with van der Waals surface area (Å²) in [6.07, 6.45) is 2.05. The summed E-state index contributed by atoms with van der Waals surface area (Å²) < 4.78 is 21.7. The minimum atomic E-state index is -0.397. The molecule has 0 bridgehead atoms. The third-order valence-electron chi connectivity index (χ3n) is 5.38. The number of carbonyl (C=O) groups is 2. The molecule has 1 unspecified atom stereocenters. The summed E-state index contributed by atoms with van der Waals surface area (Å²) in [7, 11) is 3.13. The number of benzene rings is 2. The number of ether oxygens (including phenoxy) is 3. The number of nitrogens with zero attached hydrogens (tertiary/aromatic N) is 2. The van der Waals surface area contributed by atoms with Crippen LogP contribution in [0.25, 0.3) is 0 Å². The highest BCUT2D eigenvalue weighted by Gasteiger charge is 2.35. The van der Waals surface area contributed by atoms with Gasteiger partial charge in [-0.1, -0.05) is 0 Å². The first-order valence-corrected chi connectivity index (χ1v) is 10.4. The first-order valence-electron chi connectivity index (χ1n) is 10.4. The molecule has 8 heteroatoms. The van der Waals surface area contributed by atoms with Crippen LogP contribution in [0, 0.1) is 0 Å². The summed E-state index contributed by atoms with van der Waals surface area (Å²) in [5.41, 5.74) is 2.00. The Kier molecular flexibility index (Phi) is 6.44. The Balaban J connectivity index is 1.57. The van der Waals surface area contributed by atoms with E-state index in [1.807, 2.05) is 30.3 Å². The molecule has 1 atom stereocenters. The maximum atomic E-state index is 13.2. The number of rotatable bonds is 8. The fourth-order valence-electron chi connectivity index (χ4n) is 3.65. The first kappa shape index (κ1) is 22.1. The summed E-state index contributed by atoms with van der Waals surface area (Å²) in [6, 6.07) is 15.6. The van der Waals surface area contributed by atoms with E-state index >= 15 is 0 Å². The van der Waals surface area contributed by atoms with Crippen LogP contribution in [0.3, 0.4) is 0 Å². The van der Waals surface area contributed by atoms with Crippen molar-refractivity contribution in [3.8, 4) is 17.2 Å². The molecule has 2 aromatic carbocycles. The lowest BCUT2D eigenvalue weighted by molar-refractivity contribution is -0.135. The van der Waals surface area contributed by atoms with E-state index in [4.69, 9.17) is 18.6 Å². The Bertz CT molecular complexity index is 1170. The molecule has 0 spiro atoms. The van der Waals surface area contributed by atoms with E-state index in [0.29, 0.717) is 23.5 Å². The molecule has 33 heavy (non-hydrogen) atoms. The van der Waals surface area contributed by atoms with Crippen LogP contribution in [-0.4, -0.2) is 43.2 Å². The van der Waals surface area contributed by atoms with Gasteiger partial charge in [-0.2, -0.15) is 5.10 Å². The van der Waals surface area contributed by atoms with Crippen LogP contribution in [0.5, 0.6) is 17.2 Å². The molecule has 8 nitrogen and oxygen atoms in total. The molecule has 1 aliphatic rings. The van der Waals surface area contributed by atoms with Crippen molar-refractivity contribution in [1.82, 2.24) is 5.01 Å². The van der Waals surface area contributed by atoms with E-state index in [-0.39, 0.29) is 24.0 Å². The number of hydrazone groups is 1. The monoisotopic (exact) mass is 448 g/mol. The highest BCUT2D eigenvalue weighted by Crippen LogP contribution is 2.34. The van der Waals surface area contributed by atoms with Gasteiger partial charge in [0.05, 0.1) is 31.8 Å². The lowest BCUT2D eigenvalue weighted by Crippen LogP contribution is -2.31. The second-order valence-electron chi connectivity index (χ2n) is 7.46. The van der Waals surface area contributed by atoms with Crippen LogP contribution in [0.1, 0.15) is 41.1 Å². The third kappa shape index (κ3) is 4.74. The molecular weight excluding hydrogens is 424 g/mol. The Labute approximate surface area is 191 Å². The van der Waals surface area contributed by atoms with Crippen molar-refractivity contribution in [3.05, 3.63) is 77.7 Å². The van der Waals surface area contributed by atoms with Crippen LogP contribution >= 0.6 is 0 Å². The quantitative estimate of drug-likeness (QED) is 0.479. The second kappa shape index (κ2) is 9.60. The standard InChI is InChI=1S/C25H24N2O6/c1-16(28)20-11-10-19(31-3)13-24(20)33-15-25(29)27-22(23-5-4-12-32-23)14-21(26-27)17-6-8-18(30-2)9-7-17/h4-13,22H,14-15H2,1-3H3. The molecule has 1 amide bonds. The van der Waals surface area contributed by atoms with Gasteiger partial charge in [0, 0.05) is 12.5 Å². The zero-order valence-corrected chi connectivity index (χ0v) is 18.6. The normalized spacial score (nSPS) is 15.2. The number of amides is 1. The predicted octanol–water partition coefficient (Wildman–Crippen LogP) is 4.26. The molecule has 0 N–H and O–H groups in total. The lowest BCUT2D eigenvalue weighted by Gasteiger charge is -2.20. The van der Waals surface area contributed by atoms with Crippen LogP contribution in [0.4, 0.5) is 0 Å². The Morgan fingerprint density at radius 1 is 1.06 bits per heavy atom. The minimum Gasteiger partial charge on any atom is -0.497 e. The van der Waals surface area contributed by atoms with Crippen molar-refractivity contribution >= 4 is 17.4 Å². The van der Waals surface area contributed by atoms with Crippen molar-refractivity contribution in [1.29, 1.82) is 0 Å². The van der Waals surface area contributed by atoms with Gasteiger partial charge in [0.2, 0.25) is 0 Å². The van der Waals surface area contributed by atoms with Gasteiger partial charge < -0.3 is 18.6 Å². The molecule has 2 heterocycles. The van der Waals surface area contributed by atoms with E-state index in [9.17, 15) is 9.59 Å². The molecular formula is C25H24N2O6. The van der Waals surface area contributed by atoms with Gasteiger partial charge in [-0.05, 0) is 61.0 Å². The number of ketones is 1. The van der Waals surface area contributed by atoms with Crippen molar-refractivity contribution < 1.29 is 28.2 Å². The fourth-order valence-corrected chi connectivity index (χ4v) is 3.65. The highest BCUT2D eigenvalue weighted by molar-refractivity contribution is 6.03. The zero-order chi connectivity index (χ0) is 23.4. The average molecular weight is 448 g/mol. The molecule has 0 radical (unpaired) electrons. The maximum Gasteiger partial charge on any atom is 0.281 e. The van der Waals surface area contributed by atoms with E-state index in [1.54, 1.807) is 37.6 Å². The van der Waals surface area contributed by atoms with Gasteiger partial charge in [-0.3, -0.25) is 9.59 Å². The predicted molar refractivity (Wildman–Crippen MR) is 121 cm³/mol. The number of hydrogen-bond acceptors (Lipinski definition) is 7. The Hall–Kier alpha value is -4.07. The summed E-state index contributed by atoms with van der Waals surface area (Å²) in [5.74, 6) is 1.63. The Morgan fingerprint density at radius 2 is 1.79 bits per heavy atom. The smallest absolute Gasteiger partial charge is 0.281 e. The van der Waals surface area contributed by atoms with Crippen molar-refractivity contribution in [2.24, 2.45) is 5.10 Å². The number of hydrogen-bond donors (Lipinski definition) is 0. The topological polar surface area (TPSA) is 90.6 Å². The lowest BCUT2D eigenvalue weighted by atomic mass is 10.0. The molecule has 4 rings (SSSR count). The van der Waals surface area contributed by atoms with Crippen LogP contribution in [-0.2, 0) is 4.79 Å². The molecule has 1 aromatic heterocycles. The molecule has 170 valence electrons. The number of furan rings is 1. The van der Waals surface area contributed by atoms with Crippen LogP contribution in [0.2, 0.25) is 0 Å². The first-order chi connectivity index (χ1) is 16.0. The largest absolute Gasteiger partial charge is 0.497 e. The second-order valence-corrected chi connectivity index (χ2v) is 7.46. The Morgan fingerprint density at radius 3 is 2.42 bits per heavy atom. The highest BCUT2D eigenvalue weighted by atomic mass is 16.5. The van der Waals surface area contributed by atoms with E-state index in [2.05, 4.69) is 5.10 Å². The number of carbonyl (C=O) groups excluding carboxylic acids is 2. The minimum absolute atomic E-state index is 0.172. The van der Waals surface area contributed by atoms with Gasteiger partial charge in [-0.25, -0.2) is 5.01 Å². The van der Waals surface area contributed by atoms with E-state index in [1.165, 1.54) is 19.0 Å².